The van der Waals surface area contributed by atoms with Crippen LogP contribution in [0.3, 0.4) is 0 Å². The number of hydrogen-bond acceptors (Lipinski definition) is 5. The van der Waals surface area contributed by atoms with Crippen molar-refractivity contribution < 1.29 is 22.7 Å². The van der Waals surface area contributed by atoms with E-state index in [4.69, 9.17) is 9.47 Å². The summed E-state index contributed by atoms with van der Waals surface area (Å²) in [4.78, 5) is 12.3. The highest BCUT2D eigenvalue weighted by atomic mass is 32.2. The highest BCUT2D eigenvalue weighted by Gasteiger charge is 2.27. The lowest BCUT2D eigenvalue weighted by Gasteiger charge is -2.08. The van der Waals surface area contributed by atoms with Crippen LogP contribution in [0, 0.1) is 0 Å². The van der Waals surface area contributed by atoms with E-state index in [-0.39, 0.29) is 11.5 Å². The fraction of sp³-hybridized carbons (Fsp3) is 0.167. The van der Waals surface area contributed by atoms with Crippen LogP contribution in [-0.2, 0) is 24.1 Å². The molecule has 0 fully saturated rings. The Labute approximate surface area is 140 Å². The largest absolute Gasteiger partial charge is 0.457 e. The number of carbonyl (C=O) groups excluding carboxylic acids is 1. The maximum absolute atomic E-state index is 12.2. The van der Waals surface area contributed by atoms with Crippen LogP contribution < -0.4 is 0 Å². The summed E-state index contributed by atoms with van der Waals surface area (Å²) in [6, 6.07) is 15.7. The van der Waals surface area contributed by atoms with E-state index >= 15 is 0 Å². The molecular formula is C18H16O5S. The minimum Gasteiger partial charge on any atom is -0.457 e. The fourth-order valence-corrected chi connectivity index (χ4v) is 3.67. The summed E-state index contributed by atoms with van der Waals surface area (Å²) in [6.07, 6.45) is 0. The number of rotatable bonds is 5. The van der Waals surface area contributed by atoms with Gasteiger partial charge in [0.2, 0.25) is 9.84 Å². The summed E-state index contributed by atoms with van der Waals surface area (Å²) in [5.74, 6) is -0.794. The highest BCUT2D eigenvalue weighted by molar-refractivity contribution is 7.91. The average Bonchev–Trinajstić information content (AvgIpc) is 2.97. The Bertz CT molecular complexity index is 898. The molecule has 0 aliphatic carbocycles. The second-order valence-electron chi connectivity index (χ2n) is 5.34. The van der Waals surface area contributed by atoms with Gasteiger partial charge in [-0.15, -0.1) is 0 Å². The van der Waals surface area contributed by atoms with Crippen molar-refractivity contribution in [2.75, 3.05) is 19.7 Å². The van der Waals surface area contributed by atoms with Gasteiger partial charge in [-0.25, -0.2) is 13.2 Å². The van der Waals surface area contributed by atoms with E-state index < -0.39 is 21.7 Å². The van der Waals surface area contributed by atoms with Gasteiger partial charge in [0.05, 0.1) is 10.5 Å². The second kappa shape index (κ2) is 6.59. The van der Waals surface area contributed by atoms with E-state index in [9.17, 15) is 13.2 Å². The first-order chi connectivity index (χ1) is 11.5. The van der Waals surface area contributed by atoms with Gasteiger partial charge < -0.3 is 9.47 Å². The summed E-state index contributed by atoms with van der Waals surface area (Å²) in [5.41, 5.74) is 2.55. The molecule has 1 aliphatic rings. The predicted molar refractivity (Wildman–Crippen MR) is 89.7 cm³/mol. The monoisotopic (exact) mass is 344 g/mol. The molecule has 0 spiro atoms. The van der Waals surface area contributed by atoms with Gasteiger partial charge in [0.1, 0.15) is 6.61 Å². The van der Waals surface area contributed by atoms with Crippen LogP contribution in [0.1, 0.15) is 11.1 Å². The molecule has 0 saturated heterocycles. The summed E-state index contributed by atoms with van der Waals surface area (Å²) >= 11 is 0. The predicted octanol–water partition coefficient (Wildman–Crippen LogP) is 2.53. The first kappa shape index (κ1) is 16.4. The maximum atomic E-state index is 12.2. The first-order valence-corrected chi connectivity index (χ1v) is 8.96. The van der Waals surface area contributed by atoms with Crippen LogP contribution in [-0.4, -0.2) is 34.0 Å². The molecule has 0 atom stereocenters. The van der Waals surface area contributed by atoms with E-state index in [2.05, 4.69) is 0 Å². The lowest BCUT2D eigenvalue weighted by atomic mass is 9.97. The Kier molecular flexibility index (Phi) is 4.51. The summed E-state index contributed by atoms with van der Waals surface area (Å²) in [5, 5.41) is 0. The Morgan fingerprint density at radius 1 is 1.04 bits per heavy atom. The molecule has 2 aromatic carbocycles. The van der Waals surface area contributed by atoms with Crippen molar-refractivity contribution in [3.05, 3.63) is 65.7 Å². The van der Waals surface area contributed by atoms with Gasteiger partial charge in [0.25, 0.3) is 0 Å². The molecule has 0 saturated carbocycles. The third kappa shape index (κ3) is 3.11. The molecule has 0 bridgehead atoms. The number of benzene rings is 2. The van der Waals surface area contributed by atoms with Crippen molar-refractivity contribution in [3.63, 3.8) is 0 Å². The Balaban J connectivity index is 2.11. The SMILES string of the molecule is COCS(=O)(=O)c1cccc(C2=C(c3ccccc3)C(=O)OC2)c1. The van der Waals surface area contributed by atoms with Crippen molar-refractivity contribution in [1.29, 1.82) is 0 Å². The van der Waals surface area contributed by atoms with Gasteiger partial charge in [0.15, 0.2) is 5.94 Å². The van der Waals surface area contributed by atoms with Crippen molar-refractivity contribution in [3.8, 4) is 0 Å². The highest BCUT2D eigenvalue weighted by Crippen LogP contribution is 2.33. The smallest absolute Gasteiger partial charge is 0.339 e. The second-order valence-corrected chi connectivity index (χ2v) is 7.28. The van der Waals surface area contributed by atoms with E-state index in [1.54, 1.807) is 18.2 Å². The van der Waals surface area contributed by atoms with E-state index in [0.29, 0.717) is 16.7 Å². The number of esters is 1. The number of methoxy groups -OCH3 is 1. The van der Waals surface area contributed by atoms with E-state index in [1.165, 1.54) is 13.2 Å². The summed E-state index contributed by atoms with van der Waals surface area (Å²) in [7, 11) is -2.19. The van der Waals surface area contributed by atoms with E-state index in [1.807, 2.05) is 30.3 Å². The maximum Gasteiger partial charge on any atom is 0.339 e. The zero-order chi connectivity index (χ0) is 17.2. The molecule has 0 aromatic heterocycles. The zero-order valence-corrected chi connectivity index (χ0v) is 13.9. The molecule has 1 aliphatic heterocycles. The number of carbonyl (C=O) groups is 1. The molecule has 24 heavy (non-hydrogen) atoms. The van der Waals surface area contributed by atoms with Crippen molar-refractivity contribution in [1.82, 2.24) is 0 Å². The molecule has 0 N–H and O–H groups in total. The van der Waals surface area contributed by atoms with Gasteiger partial charge in [-0.3, -0.25) is 0 Å². The van der Waals surface area contributed by atoms with Crippen molar-refractivity contribution in [2.45, 2.75) is 4.90 Å². The van der Waals surface area contributed by atoms with Crippen LogP contribution >= 0.6 is 0 Å². The standard InChI is InChI=1S/C18H16O5S/c1-22-12-24(20,21)15-9-5-8-14(10-15)16-11-23-18(19)17(16)13-6-3-2-4-7-13/h2-10H,11-12H2,1H3. The van der Waals surface area contributed by atoms with Gasteiger partial charge in [-0.2, -0.15) is 0 Å². The molecule has 0 unspecified atom stereocenters. The van der Waals surface area contributed by atoms with Crippen LogP contribution in [0.25, 0.3) is 11.1 Å². The Hall–Kier alpha value is -2.44. The van der Waals surface area contributed by atoms with Gasteiger partial charge in [0, 0.05) is 12.7 Å². The fourth-order valence-electron chi connectivity index (χ4n) is 2.63. The number of hydrogen-bond donors (Lipinski definition) is 0. The minimum absolute atomic E-state index is 0.122. The van der Waals surface area contributed by atoms with Crippen molar-refractivity contribution >= 4 is 27.0 Å². The molecule has 3 rings (SSSR count). The quantitative estimate of drug-likeness (QED) is 0.780. The molecule has 0 amide bonds. The van der Waals surface area contributed by atoms with Crippen LogP contribution in [0.2, 0.25) is 0 Å². The molecular weight excluding hydrogens is 328 g/mol. The molecule has 0 radical (unpaired) electrons. The molecule has 6 heteroatoms. The number of ether oxygens (including phenoxy) is 2. The Morgan fingerprint density at radius 2 is 1.75 bits per heavy atom. The number of sulfone groups is 1. The van der Waals surface area contributed by atoms with Crippen LogP contribution in [0.4, 0.5) is 0 Å². The molecule has 2 aromatic rings. The lowest BCUT2D eigenvalue weighted by Crippen LogP contribution is -2.08. The van der Waals surface area contributed by atoms with Crippen LogP contribution in [0.5, 0.6) is 0 Å². The minimum atomic E-state index is -3.53. The zero-order valence-electron chi connectivity index (χ0n) is 13.1. The molecule has 1 heterocycles. The summed E-state index contributed by atoms with van der Waals surface area (Å²) in [6.45, 7) is 0.122. The third-order valence-corrected chi connectivity index (χ3v) is 5.25. The van der Waals surface area contributed by atoms with Gasteiger partial charge in [-0.1, -0.05) is 42.5 Å². The van der Waals surface area contributed by atoms with Crippen molar-refractivity contribution in [2.24, 2.45) is 0 Å². The summed E-state index contributed by atoms with van der Waals surface area (Å²) < 4.78 is 34.3. The molecule has 124 valence electrons. The molecule has 5 nitrogen and oxygen atoms in total. The Morgan fingerprint density at radius 3 is 2.46 bits per heavy atom. The third-order valence-electron chi connectivity index (χ3n) is 3.73. The van der Waals surface area contributed by atoms with Gasteiger partial charge >= 0.3 is 5.97 Å². The van der Waals surface area contributed by atoms with E-state index in [0.717, 1.165) is 5.56 Å². The number of cyclic esters (lactones) is 1. The topological polar surface area (TPSA) is 69.7 Å². The average molecular weight is 344 g/mol. The van der Waals surface area contributed by atoms with Crippen LogP contribution in [0.15, 0.2) is 59.5 Å². The van der Waals surface area contributed by atoms with Gasteiger partial charge in [-0.05, 0) is 23.3 Å². The normalized spacial score (nSPS) is 14.8. The first-order valence-electron chi connectivity index (χ1n) is 7.31. The lowest BCUT2D eigenvalue weighted by molar-refractivity contribution is -0.133.